The molecule has 1 aromatic rings. The van der Waals surface area contributed by atoms with Gasteiger partial charge in [0.1, 0.15) is 13.2 Å². The number of hydrogen-bond donors (Lipinski definition) is 0. The third-order valence-electron chi connectivity index (χ3n) is 1.91. The topological polar surface area (TPSA) is 48.4 Å². The summed E-state index contributed by atoms with van der Waals surface area (Å²) < 4.78 is 10.4. The summed E-state index contributed by atoms with van der Waals surface area (Å²) in [7, 11) is 0. The van der Waals surface area contributed by atoms with E-state index in [-0.39, 0.29) is 24.8 Å². The Hall–Kier alpha value is -0.940. The highest BCUT2D eigenvalue weighted by molar-refractivity contribution is 7.09. The van der Waals surface area contributed by atoms with Crippen LogP contribution in [0.25, 0.3) is 0 Å². The van der Waals surface area contributed by atoms with Crippen molar-refractivity contribution in [3.63, 3.8) is 0 Å². The summed E-state index contributed by atoms with van der Waals surface area (Å²) in [6.45, 7) is 7.94. The zero-order valence-electron chi connectivity index (χ0n) is 10.8. The lowest BCUT2D eigenvalue weighted by atomic mass is 10.2. The predicted octanol–water partition coefficient (Wildman–Crippen LogP) is 2.56. The minimum atomic E-state index is -0.356. The second-order valence-corrected chi connectivity index (χ2v) is 5.59. The summed E-state index contributed by atoms with van der Waals surface area (Å²) in [6, 6.07) is 0. The van der Waals surface area contributed by atoms with Crippen LogP contribution in [0.5, 0.6) is 0 Å². The van der Waals surface area contributed by atoms with Crippen LogP contribution in [0, 0.1) is 0 Å². The molecule has 0 radical (unpaired) electrons. The monoisotopic (exact) mass is 257 g/mol. The Bertz CT molecular complexity index is 368. The van der Waals surface area contributed by atoms with Crippen molar-refractivity contribution in [2.24, 2.45) is 0 Å². The highest BCUT2D eigenvalue weighted by Crippen LogP contribution is 2.11. The Morgan fingerprint density at radius 2 is 2.18 bits per heavy atom. The van der Waals surface area contributed by atoms with Gasteiger partial charge in [-0.25, -0.2) is 9.78 Å². The van der Waals surface area contributed by atoms with E-state index in [1.165, 1.54) is 0 Å². The van der Waals surface area contributed by atoms with Crippen molar-refractivity contribution in [1.29, 1.82) is 0 Å². The van der Waals surface area contributed by atoms with E-state index in [1.54, 1.807) is 11.3 Å². The molecule has 0 aliphatic carbocycles. The largest absolute Gasteiger partial charge is 0.457 e. The van der Waals surface area contributed by atoms with Crippen LogP contribution in [0.1, 0.15) is 38.4 Å². The smallest absolute Gasteiger partial charge is 0.332 e. The fraction of sp³-hybridized carbons (Fsp3) is 0.667. The Balaban J connectivity index is 2.28. The number of rotatable bonds is 5. The maximum absolute atomic E-state index is 11.4. The Kier molecular flexibility index (Phi) is 5.08. The number of hydrogen-bond acceptors (Lipinski definition) is 5. The van der Waals surface area contributed by atoms with Gasteiger partial charge in [0.05, 0.1) is 16.3 Å². The third-order valence-corrected chi connectivity index (χ3v) is 2.95. The van der Waals surface area contributed by atoms with Crippen LogP contribution in [-0.2, 0) is 27.3 Å². The second-order valence-electron chi connectivity index (χ2n) is 4.65. The number of carbonyl (C=O) groups excluding carboxylic acids is 1. The lowest BCUT2D eigenvalue weighted by Crippen LogP contribution is -2.24. The molecule has 0 amide bonds. The number of carbonyl (C=O) groups is 1. The SMILES string of the molecule is CCc1nc(COC(=O)COC(C)(C)C)cs1. The maximum atomic E-state index is 11.4. The Morgan fingerprint density at radius 1 is 1.47 bits per heavy atom. The van der Waals surface area contributed by atoms with E-state index in [2.05, 4.69) is 4.98 Å². The van der Waals surface area contributed by atoms with Gasteiger partial charge in [-0.3, -0.25) is 0 Å². The molecule has 0 saturated heterocycles. The molecule has 0 aromatic carbocycles. The Labute approximate surface area is 106 Å². The van der Waals surface area contributed by atoms with Crippen LogP contribution in [-0.4, -0.2) is 23.2 Å². The lowest BCUT2D eigenvalue weighted by molar-refractivity contribution is -0.155. The average molecular weight is 257 g/mol. The van der Waals surface area contributed by atoms with E-state index in [0.717, 1.165) is 17.1 Å². The minimum absolute atomic E-state index is 0.0196. The summed E-state index contributed by atoms with van der Waals surface area (Å²) >= 11 is 1.59. The number of thiazole rings is 1. The van der Waals surface area contributed by atoms with Gasteiger partial charge >= 0.3 is 5.97 Å². The molecule has 0 N–H and O–H groups in total. The fourth-order valence-corrected chi connectivity index (χ4v) is 1.78. The summed E-state index contributed by atoms with van der Waals surface area (Å²) in [5, 5.41) is 2.97. The molecule has 17 heavy (non-hydrogen) atoms. The van der Waals surface area contributed by atoms with Crippen molar-refractivity contribution in [2.75, 3.05) is 6.61 Å². The van der Waals surface area contributed by atoms with Gasteiger partial charge in [-0.05, 0) is 27.2 Å². The van der Waals surface area contributed by atoms with Crippen LogP contribution in [0.4, 0.5) is 0 Å². The molecule has 0 atom stereocenters. The van der Waals surface area contributed by atoms with Gasteiger partial charge in [-0.2, -0.15) is 0 Å². The molecule has 0 fully saturated rings. The molecule has 0 aliphatic heterocycles. The first-order valence-corrected chi connectivity index (χ1v) is 6.51. The summed E-state index contributed by atoms with van der Waals surface area (Å²) in [5.41, 5.74) is 0.477. The predicted molar refractivity (Wildman–Crippen MR) is 67.0 cm³/mol. The van der Waals surface area contributed by atoms with Crippen LogP contribution in [0.15, 0.2) is 5.38 Å². The summed E-state index contributed by atoms with van der Waals surface area (Å²) in [6.07, 6.45) is 0.908. The van der Waals surface area contributed by atoms with E-state index >= 15 is 0 Å². The Morgan fingerprint density at radius 3 is 2.71 bits per heavy atom. The molecule has 1 rings (SSSR count). The first kappa shape index (κ1) is 14.1. The molecule has 0 aliphatic rings. The minimum Gasteiger partial charge on any atom is -0.457 e. The molecular weight excluding hydrogens is 238 g/mol. The van der Waals surface area contributed by atoms with Gasteiger partial charge in [-0.1, -0.05) is 6.92 Å². The van der Waals surface area contributed by atoms with Crippen molar-refractivity contribution in [3.8, 4) is 0 Å². The molecule has 0 saturated carbocycles. The molecule has 1 aromatic heterocycles. The van der Waals surface area contributed by atoms with Gasteiger partial charge in [0, 0.05) is 5.38 Å². The molecule has 0 unspecified atom stereocenters. The van der Waals surface area contributed by atoms with E-state index in [4.69, 9.17) is 9.47 Å². The lowest BCUT2D eigenvalue weighted by Gasteiger charge is -2.18. The maximum Gasteiger partial charge on any atom is 0.332 e. The standard InChI is InChI=1S/C12H19NO3S/c1-5-10-13-9(8-17-10)6-15-11(14)7-16-12(2,3)4/h8H,5-7H2,1-4H3. The van der Waals surface area contributed by atoms with Crippen LogP contribution >= 0.6 is 11.3 Å². The normalized spacial score (nSPS) is 11.5. The number of aromatic nitrogens is 1. The van der Waals surface area contributed by atoms with Gasteiger partial charge in [0.25, 0.3) is 0 Å². The van der Waals surface area contributed by atoms with Gasteiger partial charge in [0.2, 0.25) is 0 Å². The van der Waals surface area contributed by atoms with Gasteiger partial charge in [0.15, 0.2) is 0 Å². The number of esters is 1. The van der Waals surface area contributed by atoms with Gasteiger partial charge in [-0.15, -0.1) is 11.3 Å². The zero-order chi connectivity index (χ0) is 12.9. The number of aryl methyl sites for hydroxylation is 1. The quantitative estimate of drug-likeness (QED) is 0.761. The molecular formula is C12H19NO3S. The summed E-state index contributed by atoms with van der Waals surface area (Å²) in [5.74, 6) is -0.356. The third kappa shape index (κ3) is 5.79. The number of ether oxygens (including phenoxy) is 2. The van der Waals surface area contributed by atoms with Crippen LogP contribution in [0.2, 0.25) is 0 Å². The van der Waals surface area contributed by atoms with E-state index in [1.807, 2.05) is 33.1 Å². The van der Waals surface area contributed by atoms with Crippen molar-refractivity contribution < 1.29 is 14.3 Å². The summed E-state index contributed by atoms with van der Waals surface area (Å²) in [4.78, 5) is 15.7. The molecule has 0 bridgehead atoms. The van der Waals surface area contributed by atoms with Crippen LogP contribution in [0.3, 0.4) is 0 Å². The second kappa shape index (κ2) is 6.12. The van der Waals surface area contributed by atoms with Crippen molar-refractivity contribution in [3.05, 3.63) is 16.1 Å². The first-order chi connectivity index (χ1) is 7.90. The fourth-order valence-electron chi connectivity index (χ4n) is 1.05. The average Bonchev–Trinajstić information content (AvgIpc) is 2.70. The zero-order valence-corrected chi connectivity index (χ0v) is 11.6. The molecule has 0 spiro atoms. The number of nitrogens with zero attached hydrogens (tertiary/aromatic N) is 1. The molecule has 96 valence electrons. The molecule has 5 heteroatoms. The van der Waals surface area contributed by atoms with Gasteiger partial charge < -0.3 is 9.47 Å². The van der Waals surface area contributed by atoms with E-state index < -0.39 is 0 Å². The molecule has 4 nitrogen and oxygen atoms in total. The van der Waals surface area contributed by atoms with Crippen molar-refractivity contribution in [2.45, 2.75) is 46.3 Å². The van der Waals surface area contributed by atoms with Crippen molar-refractivity contribution >= 4 is 17.3 Å². The van der Waals surface area contributed by atoms with Crippen molar-refractivity contribution in [1.82, 2.24) is 4.98 Å². The first-order valence-electron chi connectivity index (χ1n) is 5.63. The highest BCUT2D eigenvalue weighted by atomic mass is 32.1. The van der Waals surface area contributed by atoms with E-state index in [9.17, 15) is 4.79 Å². The molecule has 1 heterocycles. The van der Waals surface area contributed by atoms with Crippen LogP contribution < -0.4 is 0 Å². The highest BCUT2D eigenvalue weighted by Gasteiger charge is 2.14. The van der Waals surface area contributed by atoms with E-state index in [0.29, 0.717) is 0 Å².